The van der Waals surface area contributed by atoms with Crippen molar-refractivity contribution in [1.82, 2.24) is 0 Å². The lowest BCUT2D eigenvalue weighted by Crippen LogP contribution is -2.11. The monoisotopic (exact) mass is 231 g/mol. The summed E-state index contributed by atoms with van der Waals surface area (Å²) < 4.78 is 57.1. The van der Waals surface area contributed by atoms with Crippen molar-refractivity contribution >= 4 is 21.4 Å². The first-order valence-electron chi connectivity index (χ1n) is 2.90. The van der Waals surface area contributed by atoms with Gasteiger partial charge in [0.1, 0.15) is 4.88 Å². The molecule has 0 saturated carbocycles. The number of rotatable bonds is 1. The average Bonchev–Trinajstić information content (AvgIpc) is 2.28. The lowest BCUT2D eigenvalue weighted by molar-refractivity contribution is -0.134. The summed E-state index contributed by atoms with van der Waals surface area (Å²) in [5.74, 6) is 0. The van der Waals surface area contributed by atoms with Gasteiger partial charge in [0.15, 0.2) is 0 Å². The van der Waals surface area contributed by atoms with Gasteiger partial charge in [-0.1, -0.05) is 0 Å². The molecular weight excluding hydrogens is 227 g/mol. The zero-order valence-corrected chi connectivity index (χ0v) is 7.63. The highest BCUT2D eigenvalue weighted by atomic mass is 32.2. The topological polar surface area (TPSA) is 60.2 Å². The molecule has 0 atom stereocenters. The maximum absolute atomic E-state index is 12.0. The van der Waals surface area contributed by atoms with Gasteiger partial charge in [-0.2, -0.15) is 13.2 Å². The first-order chi connectivity index (χ1) is 5.71. The molecule has 1 heterocycles. The highest BCUT2D eigenvalue weighted by molar-refractivity contribution is 7.89. The molecule has 1 rings (SSSR count). The molecule has 1 aromatic rings. The van der Waals surface area contributed by atoms with Gasteiger partial charge in [0.25, 0.3) is 0 Å². The van der Waals surface area contributed by atoms with Gasteiger partial charge in [0.05, 0.1) is 4.90 Å². The van der Waals surface area contributed by atoms with Gasteiger partial charge in [0, 0.05) is 5.38 Å². The third-order valence-electron chi connectivity index (χ3n) is 1.18. The number of hydrogen-bond acceptors (Lipinski definition) is 3. The van der Waals surface area contributed by atoms with Crippen LogP contribution in [0.3, 0.4) is 0 Å². The summed E-state index contributed by atoms with van der Waals surface area (Å²) in [5, 5.41) is 5.48. The number of nitrogens with two attached hydrogens (primary N) is 1. The molecule has 0 fully saturated rings. The first kappa shape index (κ1) is 10.5. The van der Waals surface area contributed by atoms with Gasteiger partial charge in [0.2, 0.25) is 10.0 Å². The molecule has 8 heteroatoms. The Kier molecular flexibility index (Phi) is 2.39. The fourth-order valence-corrected chi connectivity index (χ4v) is 2.29. The van der Waals surface area contributed by atoms with Crippen molar-refractivity contribution in [3.8, 4) is 0 Å². The minimum Gasteiger partial charge on any atom is -0.225 e. The number of thiophene rings is 1. The van der Waals surface area contributed by atoms with Crippen molar-refractivity contribution in [1.29, 1.82) is 0 Å². The maximum Gasteiger partial charge on any atom is 0.425 e. The summed E-state index contributed by atoms with van der Waals surface area (Å²) in [6.45, 7) is 0. The van der Waals surface area contributed by atoms with Gasteiger partial charge in [-0.3, -0.25) is 0 Å². The Hall–Kier alpha value is -0.600. The minimum atomic E-state index is -4.52. The summed E-state index contributed by atoms with van der Waals surface area (Å²) in [5.41, 5.74) is 0. The van der Waals surface area contributed by atoms with Crippen molar-refractivity contribution in [3.63, 3.8) is 0 Å². The van der Waals surface area contributed by atoms with Crippen molar-refractivity contribution in [2.45, 2.75) is 11.1 Å². The standard InChI is InChI=1S/C5H4F3NO2S2/c6-5(7,8)4-1-3(2-12-4)13(9,10)11/h1-2H,(H2,9,10,11). The Morgan fingerprint density at radius 1 is 1.38 bits per heavy atom. The van der Waals surface area contributed by atoms with E-state index in [1.807, 2.05) is 0 Å². The molecule has 0 radical (unpaired) electrons. The molecule has 0 bridgehead atoms. The van der Waals surface area contributed by atoms with Crippen LogP contribution in [0.5, 0.6) is 0 Å². The Bertz CT molecular complexity index is 406. The number of sulfonamides is 1. The Balaban J connectivity index is 3.16. The van der Waals surface area contributed by atoms with Crippen LogP contribution in [0.4, 0.5) is 13.2 Å². The summed E-state index contributed by atoms with van der Waals surface area (Å²) in [4.78, 5) is -1.48. The molecule has 0 aliphatic rings. The van der Waals surface area contributed by atoms with Crippen LogP contribution in [0.25, 0.3) is 0 Å². The van der Waals surface area contributed by atoms with Gasteiger partial charge in [-0.25, -0.2) is 13.6 Å². The van der Waals surface area contributed by atoms with E-state index in [1.54, 1.807) is 0 Å². The molecular formula is C5H4F3NO2S2. The van der Waals surface area contributed by atoms with Crippen molar-refractivity contribution in [2.24, 2.45) is 5.14 Å². The zero-order valence-electron chi connectivity index (χ0n) is 6.00. The van der Waals surface area contributed by atoms with Crippen LogP contribution < -0.4 is 5.14 Å². The molecule has 13 heavy (non-hydrogen) atoms. The number of hydrogen-bond donors (Lipinski definition) is 1. The van der Waals surface area contributed by atoms with Crippen LogP contribution in [0.1, 0.15) is 4.88 Å². The fraction of sp³-hybridized carbons (Fsp3) is 0.200. The number of primary sulfonamides is 1. The van der Waals surface area contributed by atoms with E-state index in [0.717, 1.165) is 5.38 Å². The Morgan fingerprint density at radius 3 is 2.15 bits per heavy atom. The predicted molar refractivity (Wildman–Crippen MR) is 40.7 cm³/mol. The minimum absolute atomic E-state index is 0.299. The van der Waals surface area contributed by atoms with Gasteiger partial charge >= 0.3 is 6.18 Å². The molecule has 0 aromatic carbocycles. The third-order valence-corrected chi connectivity index (χ3v) is 3.20. The summed E-state index contributed by atoms with van der Waals surface area (Å²) in [6.07, 6.45) is -4.52. The Labute approximate surface area is 76.0 Å². The van der Waals surface area contributed by atoms with Crippen LogP contribution in [-0.2, 0) is 16.2 Å². The smallest absolute Gasteiger partial charge is 0.225 e. The van der Waals surface area contributed by atoms with Crippen LogP contribution in [-0.4, -0.2) is 8.42 Å². The molecule has 0 saturated heterocycles. The van der Waals surface area contributed by atoms with E-state index in [2.05, 4.69) is 5.14 Å². The van der Waals surface area contributed by atoms with Crippen LogP contribution in [0.15, 0.2) is 16.3 Å². The highest BCUT2D eigenvalue weighted by Crippen LogP contribution is 2.34. The summed E-state index contributed by atoms with van der Waals surface area (Å²) in [7, 11) is -4.03. The molecule has 3 nitrogen and oxygen atoms in total. The second-order valence-corrected chi connectivity index (χ2v) is 4.66. The predicted octanol–water partition coefficient (Wildman–Crippen LogP) is 1.41. The van der Waals surface area contributed by atoms with E-state index >= 15 is 0 Å². The number of alkyl halides is 3. The van der Waals surface area contributed by atoms with E-state index in [1.165, 1.54) is 0 Å². The maximum atomic E-state index is 12.0. The normalized spacial score (nSPS) is 13.2. The molecule has 2 N–H and O–H groups in total. The molecule has 0 amide bonds. The highest BCUT2D eigenvalue weighted by Gasteiger charge is 2.33. The van der Waals surface area contributed by atoms with Gasteiger partial charge < -0.3 is 0 Å². The quantitative estimate of drug-likeness (QED) is 0.794. The average molecular weight is 231 g/mol. The van der Waals surface area contributed by atoms with E-state index in [9.17, 15) is 21.6 Å². The van der Waals surface area contributed by atoms with Gasteiger partial charge in [-0.15, -0.1) is 11.3 Å². The van der Waals surface area contributed by atoms with Gasteiger partial charge in [-0.05, 0) is 6.07 Å². The number of halogens is 3. The molecule has 1 aromatic heterocycles. The van der Waals surface area contributed by atoms with Crippen LogP contribution >= 0.6 is 11.3 Å². The van der Waals surface area contributed by atoms with Crippen molar-refractivity contribution < 1.29 is 21.6 Å². The largest absolute Gasteiger partial charge is 0.425 e. The van der Waals surface area contributed by atoms with E-state index < -0.39 is 26.0 Å². The molecule has 74 valence electrons. The van der Waals surface area contributed by atoms with E-state index in [-0.39, 0.29) is 0 Å². The van der Waals surface area contributed by atoms with Crippen LogP contribution in [0.2, 0.25) is 0 Å². The SMILES string of the molecule is NS(=O)(=O)c1csc(C(F)(F)F)c1. The molecule has 0 unspecified atom stereocenters. The van der Waals surface area contributed by atoms with Crippen molar-refractivity contribution in [3.05, 3.63) is 16.3 Å². The molecule has 0 spiro atoms. The summed E-state index contributed by atoms with van der Waals surface area (Å²) in [6, 6.07) is 0.514. The second-order valence-electron chi connectivity index (χ2n) is 2.19. The lowest BCUT2D eigenvalue weighted by atomic mass is 10.5. The fourth-order valence-electron chi connectivity index (χ4n) is 0.617. The lowest BCUT2D eigenvalue weighted by Gasteiger charge is -2.00. The second kappa shape index (κ2) is 2.96. The first-order valence-corrected chi connectivity index (χ1v) is 5.32. The van der Waals surface area contributed by atoms with Crippen LogP contribution in [0, 0.1) is 0 Å². The van der Waals surface area contributed by atoms with Crippen molar-refractivity contribution in [2.75, 3.05) is 0 Å². The van der Waals surface area contributed by atoms with E-state index in [0.29, 0.717) is 17.4 Å². The third kappa shape index (κ3) is 2.42. The Morgan fingerprint density at radius 2 is 1.92 bits per heavy atom. The summed E-state index contributed by atoms with van der Waals surface area (Å²) >= 11 is 0.299. The van der Waals surface area contributed by atoms with E-state index in [4.69, 9.17) is 0 Å². The zero-order chi connectivity index (χ0) is 10.3. The molecule has 0 aliphatic carbocycles. The molecule has 0 aliphatic heterocycles.